The van der Waals surface area contributed by atoms with Crippen molar-refractivity contribution >= 4 is 12.0 Å². The number of nitrogens with zero attached hydrogens (tertiary/aromatic N) is 2. The second kappa shape index (κ2) is 5.16. The molecule has 2 heterocycles. The molecule has 0 atom stereocenters. The fraction of sp³-hybridized carbons (Fsp3) is 0.800. The van der Waals surface area contributed by atoms with Gasteiger partial charge in [0.2, 0.25) is 0 Å². The zero-order valence-corrected chi connectivity index (χ0v) is 9.28. The molecule has 0 aromatic carbocycles. The smallest absolute Gasteiger partial charge is 0.319 e. The van der Waals surface area contributed by atoms with E-state index in [0.717, 1.165) is 37.4 Å². The number of hydroxylamine groups is 2. The minimum absolute atomic E-state index is 0.184. The molecular weight excluding hydrogens is 210 g/mol. The Hall–Kier alpha value is -1.30. The Labute approximate surface area is 94.5 Å². The molecule has 2 amide bonds. The quantitative estimate of drug-likeness (QED) is 0.682. The van der Waals surface area contributed by atoms with Gasteiger partial charge in [0.1, 0.15) is 0 Å². The van der Waals surface area contributed by atoms with Crippen molar-refractivity contribution in [1.82, 2.24) is 15.3 Å². The first-order valence-corrected chi connectivity index (χ1v) is 5.75. The Morgan fingerprint density at radius 3 is 2.62 bits per heavy atom. The number of carbonyl (C=O) groups excluding carboxylic acids is 2. The molecule has 2 rings (SSSR count). The molecule has 6 heteroatoms. The lowest BCUT2D eigenvalue weighted by Gasteiger charge is -2.30. The van der Waals surface area contributed by atoms with E-state index in [0.29, 0.717) is 13.1 Å². The van der Waals surface area contributed by atoms with Gasteiger partial charge in [-0.05, 0) is 19.3 Å². The number of hydrogen-bond acceptors (Lipinski definition) is 4. The summed E-state index contributed by atoms with van der Waals surface area (Å²) in [5.41, 5.74) is 0. The van der Waals surface area contributed by atoms with E-state index in [1.807, 2.05) is 0 Å². The zero-order valence-electron chi connectivity index (χ0n) is 9.28. The van der Waals surface area contributed by atoms with Crippen LogP contribution in [0.5, 0.6) is 0 Å². The van der Waals surface area contributed by atoms with Crippen molar-refractivity contribution in [3.8, 4) is 0 Å². The molecule has 0 unspecified atom stereocenters. The van der Waals surface area contributed by atoms with Crippen molar-refractivity contribution < 1.29 is 14.4 Å². The highest BCUT2D eigenvalue weighted by Gasteiger charge is 2.25. The Kier molecular flexibility index (Phi) is 3.61. The number of piperidine rings is 1. The fourth-order valence-corrected chi connectivity index (χ4v) is 1.91. The lowest BCUT2D eigenvalue weighted by molar-refractivity contribution is -0.171. The number of rotatable bonds is 1. The summed E-state index contributed by atoms with van der Waals surface area (Å²) in [6.07, 6.45) is 2.81. The molecule has 1 N–H and O–H groups in total. The second-order valence-electron chi connectivity index (χ2n) is 4.08. The predicted molar refractivity (Wildman–Crippen MR) is 56.5 cm³/mol. The van der Waals surface area contributed by atoms with E-state index in [-0.39, 0.29) is 12.5 Å². The summed E-state index contributed by atoms with van der Waals surface area (Å²) in [6.45, 7) is 2.81. The standard InChI is InChI=1S/C10H17N3O3/c14-9-8-11-4-7-13(9)16-10(15)12-5-2-1-3-6-12/h11H,1-8H2. The molecule has 6 nitrogen and oxygen atoms in total. The van der Waals surface area contributed by atoms with Gasteiger partial charge in [0.15, 0.2) is 0 Å². The molecular formula is C10H17N3O3. The molecule has 2 aliphatic heterocycles. The summed E-state index contributed by atoms with van der Waals surface area (Å²) in [7, 11) is 0. The minimum atomic E-state index is -0.394. The van der Waals surface area contributed by atoms with Crippen LogP contribution >= 0.6 is 0 Å². The van der Waals surface area contributed by atoms with E-state index in [2.05, 4.69) is 5.32 Å². The molecule has 2 fully saturated rings. The summed E-state index contributed by atoms with van der Waals surface area (Å²) in [5, 5.41) is 4.08. The summed E-state index contributed by atoms with van der Waals surface area (Å²) in [6, 6.07) is 0. The Balaban J connectivity index is 1.83. The van der Waals surface area contributed by atoms with Crippen LogP contribution in [0.25, 0.3) is 0 Å². The fourth-order valence-electron chi connectivity index (χ4n) is 1.91. The van der Waals surface area contributed by atoms with E-state index < -0.39 is 6.09 Å². The highest BCUT2D eigenvalue weighted by atomic mass is 16.7. The normalized spacial score (nSPS) is 22.1. The monoisotopic (exact) mass is 227 g/mol. The third-order valence-electron chi connectivity index (χ3n) is 2.85. The van der Waals surface area contributed by atoms with Crippen LogP contribution in [0.1, 0.15) is 19.3 Å². The SMILES string of the molecule is O=C(ON1CCNCC1=O)N1CCCCC1. The van der Waals surface area contributed by atoms with Crippen LogP contribution in [0.2, 0.25) is 0 Å². The number of amides is 2. The van der Waals surface area contributed by atoms with Crippen LogP contribution in [0, 0.1) is 0 Å². The molecule has 90 valence electrons. The largest absolute Gasteiger partial charge is 0.434 e. The van der Waals surface area contributed by atoms with Gasteiger partial charge in [-0.2, -0.15) is 5.06 Å². The third kappa shape index (κ3) is 2.63. The Morgan fingerprint density at radius 2 is 1.94 bits per heavy atom. The van der Waals surface area contributed by atoms with Gasteiger partial charge in [0.05, 0.1) is 13.1 Å². The van der Waals surface area contributed by atoms with E-state index in [1.165, 1.54) is 0 Å². The molecule has 0 saturated carbocycles. The maximum atomic E-state index is 11.7. The zero-order chi connectivity index (χ0) is 11.4. The van der Waals surface area contributed by atoms with Gasteiger partial charge < -0.3 is 15.1 Å². The van der Waals surface area contributed by atoms with Crippen LogP contribution in [0.15, 0.2) is 0 Å². The molecule has 2 aliphatic rings. The van der Waals surface area contributed by atoms with Gasteiger partial charge in [-0.25, -0.2) is 4.79 Å². The molecule has 0 spiro atoms. The van der Waals surface area contributed by atoms with Crippen molar-refractivity contribution in [3.05, 3.63) is 0 Å². The van der Waals surface area contributed by atoms with Gasteiger partial charge in [-0.3, -0.25) is 4.79 Å². The highest BCUT2D eigenvalue weighted by Crippen LogP contribution is 2.10. The van der Waals surface area contributed by atoms with E-state index in [4.69, 9.17) is 4.84 Å². The van der Waals surface area contributed by atoms with Crippen LogP contribution in [-0.4, -0.2) is 54.7 Å². The van der Waals surface area contributed by atoms with Gasteiger partial charge in [0.25, 0.3) is 5.91 Å². The van der Waals surface area contributed by atoms with Gasteiger partial charge in [-0.15, -0.1) is 0 Å². The van der Waals surface area contributed by atoms with E-state index >= 15 is 0 Å². The molecule has 0 aliphatic carbocycles. The third-order valence-corrected chi connectivity index (χ3v) is 2.85. The molecule has 0 aromatic rings. The van der Waals surface area contributed by atoms with Gasteiger partial charge >= 0.3 is 6.09 Å². The number of likely N-dealkylation sites (tertiary alicyclic amines) is 1. The average molecular weight is 227 g/mol. The van der Waals surface area contributed by atoms with Crippen molar-refractivity contribution in [1.29, 1.82) is 0 Å². The maximum absolute atomic E-state index is 11.7. The van der Waals surface area contributed by atoms with Gasteiger partial charge in [-0.1, -0.05) is 0 Å². The predicted octanol–water partition coefficient (Wildman–Crippen LogP) is -0.0443. The molecule has 0 radical (unpaired) electrons. The number of nitrogens with one attached hydrogen (secondary N) is 1. The van der Waals surface area contributed by atoms with Crippen molar-refractivity contribution in [3.63, 3.8) is 0 Å². The summed E-state index contributed by atoms with van der Waals surface area (Å²) in [4.78, 5) is 29.8. The van der Waals surface area contributed by atoms with Crippen molar-refractivity contribution in [2.24, 2.45) is 0 Å². The van der Waals surface area contributed by atoms with Gasteiger partial charge in [0, 0.05) is 19.6 Å². The minimum Gasteiger partial charge on any atom is -0.319 e. The molecule has 0 aromatic heterocycles. The summed E-state index contributed by atoms with van der Waals surface area (Å²) < 4.78 is 0. The maximum Gasteiger partial charge on any atom is 0.434 e. The number of hydrogen-bond donors (Lipinski definition) is 1. The number of piperazine rings is 1. The lowest BCUT2D eigenvalue weighted by atomic mass is 10.1. The summed E-state index contributed by atoms with van der Waals surface area (Å²) in [5.74, 6) is -0.184. The van der Waals surface area contributed by atoms with Crippen LogP contribution < -0.4 is 5.32 Å². The first-order chi connectivity index (χ1) is 7.77. The first kappa shape index (κ1) is 11.2. The number of carbonyl (C=O) groups is 2. The topological polar surface area (TPSA) is 61.9 Å². The average Bonchev–Trinajstić information content (AvgIpc) is 2.33. The van der Waals surface area contributed by atoms with Crippen molar-refractivity contribution in [2.45, 2.75) is 19.3 Å². The first-order valence-electron chi connectivity index (χ1n) is 5.75. The van der Waals surface area contributed by atoms with Crippen LogP contribution in [-0.2, 0) is 9.63 Å². The molecule has 16 heavy (non-hydrogen) atoms. The van der Waals surface area contributed by atoms with Crippen molar-refractivity contribution in [2.75, 3.05) is 32.7 Å². The van der Waals surface area contributed by atoms with E-state index in [9.17, 15) is 9.59 Å². The Bertz CT molecular complexity index is 276. The molecule has 2 saturated heterocycles. The second-order valence-corrected chi connectivity index (χ2v) is 4.08. The highest BCUT2D eigenvalue weighted by molar-refractivity contribution is 5.80. The summed E-state index contributed by atoms with van der Waals surface area (Å²) >= 11 is 0. The van der Waals surface area contributed by atoms with E-state index in [1.54, 1.807) is 4.90 Å². The molecule has 0 bridgehead atoms. The lowest BCUT2D eigenvalue weighted by Crippen LogP contribution is -2.50. The Morgan fingerprint density at radius 1 is 1.19 bits per heavy atom. The van der Waals surface area contributed by atoms with Crippen LogP contribution in [0.3, 0.4) is 0 Å². The van der Waals surface area contributed by atoms with Crippen LogP contribution in [0.4, 0.5) is 4.79 Å².